The number of morpholine rings is 1. The lowest BCUT2D eigenvalue weighted by molar-refractivity contribution is -0.138. The second-order valence-electron chi connectivity index (χ2n) is 6.23. The van der Waals surface area contributed by atoms with E-state index >= 15 is 0 Å². The molecule has 0 bridgehead atoms. The largest absolute Gasteiger partial charge is 0.453 e. The molecule has 1 aliphatic rings. The van der Waals surface area contributed by atoms with Gasteiger partial charge in [-0.05, 0) is 36.8 Å². The molecule has 3 rings (SSSR count). The molecule has 26 heavy (non-hydrogen) atoms. The number of likely N-dealkylation sites (N-methyl/N-ethyl adjacent to an activating group) is 1. The first-order chi connectivity index (χ1) is 12.5. The van der Waals surface area contributed by atoms with Crippen molar-refractivity contribution in [3.8, 4) is 11.5 Å². The molecular weight excluding hydrogens is 337 g/mol. The maximum absolute atomic E-state index is 13.9. The molecule has 1 saturated heterocycles. The number of carbonyl (C=O) groups excluding carboxylic acids is 1. The number of nitrogens with zero attached hydrogens (tertiary/aromatic N) is 2. The molecule has 1 amide bonds. The quantitative estimate of drug-likeness (QED) is 0.887. The van der Waals surface area contributed by atoms with Crippen LogP contribution in [0, 0.1) is 12.7 Å². The first kappa shape index (κ1) is 18.3. The number of halogens is 1. The average molecular weight is 359 g/mol. The van der Waals surface area contributed by atoms with Gasteiger partial charge in [0.05, 0.1) is 18.5 Å². The van der Waals surface area contributed by atoms with Crippen molar-refractivity contribution in [2.45, 2.75) is 19.6 Å². The first-order valence-corrected chi connectivity index (χ1v) is 8.49. The van der Waals surface area contributed by atoms with Crippen LogP contribution in [0.15, 0.2) is 36.5 Å². The standard InChI is InChI=1S/C19H22FN3O3/c1-13-3-6-17(16(20)9-13)26-15-5-4-14(22-10-15)11-23-7-8-25-18(12-23)19(24)21-2/h3-6,9-10,18H,7-8,11-12H2,1-2H3,(H,21,24)/t18-/m0/s1. The third-order valence-electron chi connectivity index (χ3n) is 4.19. The van der Waals surface area contributed by atoms with E-state index in [0.29, 0.717) is 25.4 Å². The van der Waals surface area contributed by atoms with E-state index in [-0.39, 0.29) is 11.7 Å². The number of hydrogen-bond donors (Lipinski definition) is 1. The van der Waals surface area contributed by atoms with Gasteiger partial charge in [0, 0.05) is 26.7 Å². The van der Waals surface area contributed by atoms with Gasteiger partial charge in [-0.25, -0.2) is 4.39 Å². The van der Waals surface area contributed by atoms with Gasteiger partial charge < -0.3 is 14.8 Å². The molecule has 0 radical (unpaired) electrons. The summed E-state index contributed by atoms with van der Waals surface area (Å²) in [5, 5.41) is 2.60. The molecule has 1 aliphatic heterocycles. The van der Waals surface area contributed by atoms with Crippen LogP contribution in [0.25, 0.3) is 0 Å². The van der Waals surface area contributed by atoms with Crippen LogP contribution in [0.4, 0.5) is 4.39 Å². The Kier molecular flexibility index (Phi) is 5.80. The second kappa shape index (κ2) is 8.25. The zero-order chi connectivity index (χ0) is 18.5. The van der Waals surface area contributed by atoms with Crippen molar-refractivity contribution >= 4 is 5.91 Å². The van der Waals surface area contributed by atoms with E-state index < -0.39 is 11.9 Å². The Bertz CT molecular complexity index is 767. The highest BCUT2D eigenvalue weighted by molar-refractivity contribution is 5.80. The van der Waals surface area contributed by atoms with Crippen molar-refractivity contribution in [2.24, 2.45) is 0 Å². The lowest BCUT2D eigenvalue weighted by Gasteiger charge is -2.31. The number of aromatic nitrogens is 1. The summed E-state index contributed by atoms with van der Waals surface area (Å²) in [4.78, 5) is 18.2. The molecule has 1 atom stereocenters. The predicted octanol–water partition coefficient (Wildman–Crippen LogP) is 2.27. The smallest absolute Gasteiger partial charge is 0.250 e. The molecule has 0 aliphatic carbocycles. The van der Waals surface area contributed by atoms with Crippen LogP contribution < -0.4 is 10.1 Å². The van der Waals surface area contributed by atoms with Gasteiger partial charge >= 0.3 is 0 Å². The number of aryl methyl sites for hydroxylation is 1. The van der Waals surface area contributed by atoms with Crippen molar-refractivity contribution < 1.29 is 18.7 Å². The molecule has 2 heterocycles. The number of amides is 1. The number of benzene rings is 1. The summed E-state index contributed by atoms with van der Waals surface area (Å²) in [7, 11) is 1.60. The molecule has 0 saturated carbocycles. The fourth-order valence-corrected chi connectivity index (χ4v) is 2.78. The van der Waals surface area contributed by atoms with Crippen LogP contribution in [0.3, 0.4) is 0 Å². The van der Waals surface area contributed by atoms with Crippen molar-refractivity contribution in [1.82, 2.24) is 15.2 Å². The summed E-state index contributed by atoms with van der Waals surface area (Å²) in [6.07, 6.45) is 1.12. The Labute approximate surface area is 151 Å². The third-order valence-corrected chi connectivity index (χ3v) is 4.19. The van der Waals surface area contributed by atoms with Crippen LogP contribution in [-0.2, 0) is 16.1 Å². The summed E-state index contributed by atoms with van der Waals surface area (Å²) in [5.41, 5.74) is 1.68. The van der Waals surface area contributed by atoms with Gasteiger partial charge in [0.2, 0.25) is 5.91 Å². The summed E-state index contributed by atoms with van der Waals surface area (Å²) in [6.45, 7) is 4.20. The minimum Gasteiger partial charge on any atom is -0.453 e. The number of hydrogen-bond acceptors (Lipinski definition) is 5. The van der Waals surface area contributed by atoms with Crippen LogP contribution in [0.5, 0.6) is 11.5 Å². The van der Waals surface area contributed by atoms with E-state index in [9.17, 15) is 9.18 Å². The number of pyridine rings is 1. The van der Waals surface area contributed by atoms with Crippen molar-refractivity contribution in [3.05, 3.63) is 53.6 Å². The first-order valence-electron chi connectivity index (χ1n) is 8.49. The van der Waals surface area contributed by atoms with E-state index in [4.69, 9.17) is 9.47 Å². The second-order valence-corrected chi connectivity index (χ2v) is 6.23. The molecule has 0 spiro atoms. The number of ether oxygens (including phenoxy) is 2. The van der Waals surface area contributed by atoms with Gasteiger partial charge in [0.15, 0.2) is 11.6 Å². The highest BCUT2D eigenvalue weighted by Gasteiger charge is 2.25. The Morgan fingerprint density at radius 2 is 2.27 bits per heavy atom. The van der Waals surface area contributed by atoms with Gasteiger partial charge in [-0.2, -0.15) is 0 Å². The van der Waals surface area contributed by atoms with Crippen molar-refractivity contribution in [3.63, 3.8) is 0 Å². The van der Waals surface area contributed by atoms with Crippen molar-refractivity contribution in [2.75, 3.05) is 26.7 Å². The van der Waals surface area contributed by atoms with E-state index in [2.05, 4.69) is 15.2 Å². The normalized spacial score (nSPS) is 17.7. The summed E-state index contributed by atoms with van der Waals surface area (Å²) < 4.78 is 24.9. The average Bonchev–Trinajstić information content (AvgIpc) is 2.65. The topological polar surface area (TPSA) is 63.7 Å². The Balaban J connectivity index is 1.60. The summed E-state index contributed by atoms with van der Waals surface area (Å²) in [6, 6.07) is 8.43. The summed E-state index contributed by atoms with van der Waals surface area (Å²) in [5.74, 6) is 0.127. The van der Waals surface area contributed by atoms with Crippen LogP contribution in [-0.4, -0.2) is 48.6 Å². The van der Waals surface area contributed by atoms with E-state index in [1.165, 1.54) is 6.07 Å². The minimum atomic E-state index is -0.458. The van der Waals surface area contributed by atoms with Crippen LogP contribution in [0.1, 0.15) is 11.3 Å². The highest BCUT2D eigenvalue weighted by atomic mass is 19.1. The van der Waals surface area contributed by atoms with Gasteiger partial charge in [-0.1, -0.05) is 6.07 Å². The Hall–Kier alpha value is -2.51. The molecular formula is C19H22FN3O3. The number of carbonyl (C=O) groups is 1. The molecule has 6 nitrogen and oxygen atoms in total. The predicted molar refractivity (Wildman–Crippen MR) is 94.5 cm³/mol. The van der Waals surface area contributed by atoms with Crippen LogP contribution in [0.2, 0.25) is 0 Å². The van der Waals surface area contributed by atoms with Gasteiger partial charge in [-0.3, -0.25) is 14.7 Å². The highest BCUT2D eigenvalue weighted by Crippen LogP contribution is 2.24. The SMILES string of the molecule is CNC(=O)[C@@H]1CN(Cc2ccc(Oc3ccc(C)cc3F)cn2)CCO1. The Morgan fingerprint density at radius 1 is 1.42 bits per heavy atom. The van der Waals surface area contributed by atoms with E-state index in [0.717, 1.165) is 17.8 Å². The fourth-order valence-electron chi connectivity index (χ4n) is 2.78. The lowest BCUT2D eigenvalue weighted by Crippen LogP contribution is -2.48. The maximum Gasteiger partial charge on any atom is 0.250 e. The molecule has 7 heteroatoms. The molecule has 1 aromatic carbocycles. The third kappa shape index (κ3) is 4.56. The fraction of sp³-hybridized carbons (Fsp3) is 0.368. The minimum absolute atomic E-state index is 0.119. The number of nitrogens with one attached hydrogen (secondary N) is 1. The summed E-state index contributed by atoms with van der Waals surface area (Å²) >= 11 is 0. The Morgan fingerprint density at radius 3 is 2.96 bits per heavy atom. The van der Waals surface area contributed by atoms with E-state index in [1.54, 1.807) is 31.4 Å². The molecule has 0 unspecified atom stereocenters. The molecule has 138 valence electrons. The van der Waals surface area contributed by atoms with Crippen LogP contribution >= 0.6 is 0 Å². The van der Waals surface area contributed by atoms with Gasteiger partial charge in [-0.15, -0.1) is 0 Å². The van der Waals surface area contributed by atoms with E-state index in [1.807, 2.05) is 13.0 Å². The monoisotopic (exact) mass is 359 g/mol. The zero-order valence-electron chi connectivity index (χ0n) is 14.9. The zero-order valence-corrected chi connectivity index (χ0v) is 14.9. The van der Waals surface area contributed by atoms with Gasteiger partial charge in [0.25, 0.3) is 0 Å². The molecule has 1 N–H and O–H groups in total. The van der Waals surface area contributed by atoms with Crippen molar-refractivity contribution in [1.29, 1.82) is 0 Å². The van der Waals surface area contributed by atoms with Gasteiger partial charge in [0.1, 0.15) is 11.9 Å². The molecule has 2 aromatic rings. The molecule has 1 aromatic heterocycles. The lowest BCUT2D eigenvalue weighted by atomic mass is 10.2. The molecule has 1 fully saturated rings. The number of rotatable bonds is 5. The maximum atomic E-state index is 13.9.